The molecule has 79 valence electrons. The average Bonchev–Trinajstić information content (AvgIpc) is 2.17. The fraction of sp³-hybridized carbons (Fsp3) is 0.900. The lowest BCUT2D eigenvalue weighted by atomic mass is 10.4. The maximum Gasteiger partial charge on any atom is 0.180 e. The highest BCUT2D eigenvalue weighted by Crippen LogP contribution is 1.97. The largest absolute Gasteiger partial charge is 0.376 e. The Kier molecular flexibility index (Phi) is 9.87. The van der Waals surface area contributed by atoms with Crippen molar-refractivity contribution in [1.29, 1.82) is 0 Å². The molecule has 0 N–H and O–H groups in total. The molecule has 13 heavy (non-hydrogen) atoms. The molecule has 1 radical (unpaired) electrons. The number of methoxy groups -OCH3 is 1. The molecule has 0 spiro atoms. The van der Waals surface area contributed by atoms with Crippen molar-refractivity contribution < 1.29 is 14.2 Å². The van der Waals surface area contributed by atoms with Crippen molar-refractivity contribution in [2.45, 2.75) is 32.5 Å². The van der Waals surface area contributed by atoms with Gasteiger partial charge >= 0.3 is 0 Å². The van der Waals surface area contributed by atoms with Gasteiger partial charge in [0.25, 0.3) is 0 Å². The minimum absolute atomic E-state index is 0.218. The van der Waals surface area contributed by atoms with Crippen molar-refractivity contribution >= 4 is 0 Å². The highest BCUT2D eigenvalue weighted by molar-refractivity contribution is 4.43. The fourth-order valence-electron chi connectivity index (χ4n) is 0.817. The van der Waals surface area contributed by atoms with Crippen LogP contribution < -0.4 is 0 Å². The average molecular weight is 189 g/mol. The van der Waals surface area contributed by atoms with E-state index >= 15 is 0 Å². The summed E-state index contributed by atoms with van der Waals surface area (Å²) < 4.78 is 15.8. The molecule has 3 heteroatoms. The SMILES string of the molecule is [CH2]CCCOCC(OC)OCCC. The topological polar surface area (TPSA) is 27.7 Å². The molecule has 3 nitrogen and oxygen atoms in total. The zero-order chi connectivity index (χ0) is 9.94. The van der Waals surface area contributed by atoms with Crippen LogP contribution in [0.25, 0.3) is 0 Å². The molecule has 0 aliphatic carbocycles. The zero-order valence-corrected chi connectivity index (χ0v) is 8.75. The van der Waals surface area contributed by atoms with Gasteiger partial charge in [-0.05, 0) is 12.8 Å². The second kappa shape index (κ2) is 9.96. The molecule has 0 bridgehead atoms. The van der Waals surface area contributed by atoms with E-state index in [1.54, 1.807) is 7.11 Å². The van der Waals surface area contributed by atoms with E-state index < -0.39 is 0 Å². The van der Waals surface area contributed by atoms with Crippen LogP contribution in [0.2, 0.25) is 0 Å². The van der Waals surface area contributed by atoms with Crippen LogP contribution >= 0.6 is 0 Å². The Balaban J connectivity index is 3.25. The van der Waals surface area contributed by atoms with Crippen LogP contribution in [0.1, 0.15) is 26.2 Å². The van der Waals surface area contributed by atoms with Crippen LogP contribution in [-0.2, 0) is 14.2 Å². The summed E-state index contributed by atoms with van der Waals surface area (Å²) >= 11 is 0. The summed E-state index contributed by atoms with van der Waals surface area (Å²) in [6, 6.07) is 0. The minimum Gasteiger partial charge on any atom is -0.376 e. The van der Waals surface area contributed by atoms with Crippen molar-refractivity contribution in [3.8, 4) is 0 Å². The van der Waals surface area contributed by atoms with Crippen molar-refractivity contribution in [2.24, 2.45) is 0 Å². The molecule has 0 aliphatic heterocycles. The number of hydrogen-bond acceptors (Lipinski definition) is 3. The lowest BCUT2D eigenvalue weighted by molar-refractivity contribution is -0.157. The van der Waals surface area contributed by atoms with Crippen LogP contribution in [-0.4, -0.2) is 33.2 Å². The molecule has 0 saturated heterocycles. The zero-order valence-electron chi connectivity index (χ0n) is 8.75. The Labute approximate surface area is 81.4 Å². The summed E-state index contributed by atoms with van der Waals surface area (Å²) in [5, 5.41) is 0. The van der Waals surface area contributed by atoms with Gasteiger partial charge in [-0.3, -0.25) is 0 Å². The lowest BCUT2D eigenvalue weighted by Crippen LogP contribution is -2.22. The van der Waals surface area contributed by atoms with Gasteiger partial charge in [0.1, 0.15) is 0 Å². The fourth-order valence-corrected chi connectivity index (χ4v) is 0.817. The second-order valence-electron chi connectivity index (χ2n) is 2.82. The third-order valence-corrected chi connectivity index (χ3v) is 1.56. The molecule has 0 aromatic heterocycles. The van der Waals surface area contributed by atoms with Gasteiger partial charge in [-0.2, -0.15) is 0 Å². The molecule has 0 heterocycles. The van der Waals surface area contributed by atoms with E-state index in [-0.39, 0.29) is 6.29 Å². The monoisotopic (exact) mass is 189 g/mol. The molecule has 0 fully saturated rings. The van der Waals surface area contributed by atoms with Crippen LogP contribution in [0, 0.1) is 6.92 Å². The normalized spacial score (nSPS) is 13.2. The summed E-state index contributed by atoms with van der Waals surface area (Å²) in [6.45, 7) is 7.76. The number of unbranched alkanes of at least 4 members (excludes halogenated alkanes) is 1. The van der Waals surface area contributed by atoms with Gasteiger partial charge in [0.2, 0.25) is 0 Å². The maximum atomic E-state index is 5.36. The third kappa shape index (κ3) is 8.22. The Morgan fingerprint density at radius 2 is 2.08 bits per heavy atom. The van der Waals surface area contributed by atoms with E-state index in [2.05, 4.69) is 13.8 Å². The molecular formula is C10H21O3. The molecule has 0 rings (SSSR count). The summed E-state index contributed by atoms with van der Waals surface area (Å²) in [4.78, 5) is 0. The van der Waals surface area contributed by atoms with E-state index in [0.717, 1.165) is 32.5 Å². The predicted octanol–water partition coefficient (Wildman–Crippen LogP) is 2.02. The first kappa shape index (κ1) is 12.9. The predicted molar refractivity (Wildman–Crippen MR) is 52.5 cm³/mol. The van der Waals surface area contributed by atoms with Gasteiger partial charge in [-0.15, -0.1) is 0 Å². The highest BCUT2D eigenvalue weighted by atomic mass is 16.7. The molecular weight excluding hydrogens is 168 g/mol. The summed E-state index contributed by atoms with van der Waals surface area (Å²) in [7, 11) is 1.63. The first-order valence-corrected chi connectivity index (χ1v) is 4.86. The lowest BCUT2D eigenvalue weighted by Gasteiger charge is -2.15. The van der Waals surface area contributed by atoms with E-state index in [1.165, 1.54) is 0 Å². The Hall–Kier alpha value is -0.120. The number of ether oxygens (including phenoxy) is 3. The first-order chi connectivity index (χ1) is 6.35. The smallest absolute Gasteiger partial charge is 0.180 e. The summed E-state index contributed by atoms with van der Waals surface area (Å²) in [5.74, 6) is 0. The quantitative estimate of drug-likeness (QED) is 0.410. The molecule has 0 aliphatic rings. The molecule has 0 amide bonds. The maximum absolute atomic E-state index is 5.36. The van der Waals surface area contributed by atoms with E-state index in [1.807, 2.05) is 0 Å². The van der Waals surface area contributed by atoms with Gasteiger partial charge in [-0.1, -0.05) is 20.3 Å². The molecule has 0 saturated carbocycles. The molecule has 1 unspecified atom stereocenters. The van der Waals surface area contributed by atoms with E-state index in [4.69, 9.17) is 14.2 Å². The van der Waals surface area contributed by atoms with Crippen molar-refractivity contribution in [2.75, 3.05) is 26.9 Å². The molecule has 0 aromatic carbocycles. The Bertz CT molecular complexity index is 96.2. The van der Waals surface area contributed by atoms with Crippen LogP contribution in [0.5, 0.6) is 0 Å². The number of hydrogen-bond donors (Lipinski definition) is 0. The standard InChI is InChI=1S/C10H21O3/c1-4-6-8-12-9-10(11-3)13-7-5-2/h10H,1,4-9H2,2-3H3. The van der Waals surface area contributed by atoms with Gasteiger partial charge < -0.3 is 14.2 Å². The van der Waals surface area contributed by atoms with Gasteiger partial charge in [0.05, 0.1) is 6.61 Å². The van der Waals surface area contributed by atoms with E-state index in [0.29, 0.717) is 6.61 Å². The summed E-state index contributed by atoms with van der Waals surface area (Å²) in [6.07, 6.45) is 2.68. The van der Waals surface area contributed by atoms with Crippen molar-refractivity contribution in [3.05, 3.63) is 6.92 Å². The van der Waals surface area contributed by atoms with Crippen LogP contribution in [0.3, 0.4) is 0 Å². The van der Waals surface area contributed by atoms with Gasteiger partial charge in [-0.25, -0.2) is 0 Å². The highest BCUT2D eigenvalue weighted by Gasteiger charge is 2.05. The second-order valence-corrected chi connectivity index (χ2v) is 2.82. The third-order valence-electron chi connectivity index (χ3n) is 1.56. The van der Waals surface area contributed by atoms with Crippen LogP contribution in [0.4, 0.5) is 0 Å². The number of rotatable bonds is 9. The minimum atomic E-state index is -0.218. The molecule has 1 atom stereocenters. The van der Waals surface area contributed by atoms with E-state index in [9.17, 15) is 0 Å². The summed E-state index contributed by atoms with van der Waals surface area (Å²) in [5.41, 5.74) is 0. The van der Waals surface area contributed by atoms with Gasteiger partial charge in [0, 0.05) is 20.3 Å². The van der Waals surface area contributed by atoms with Crippen LogP contribution in [0.15, 0.2) is 0 Å². The van der Waals surface area contributed by atoms with Crippen molar-refractivity contribution in [3.63, 3.8) is 0 Å². The van der Waals surface area contributed by atoms with Crippen molar-refractivity contribution in [1.82, 2.24) is 0 Å². The molecule has 0 aromatic rings. The van der Waals surface area contributed by atoms with Gasteiger partial charge in [0.15, 0.2) is 6.29 Å². The Morgan fingerprint density at radius 1 is 1.31 bits per heavy atom. The first-order valence-electron chi connectivity index (χ1n) is 4.86. The Morgan fingerprint density at radius 3 is 2.62 bits per heavy atom.